The van der Waals surface area contributed by atoms with Crippen molar-refractivity contribution in [2.45, 2.75) is 38.9 Å². The van der Waals surface area contributed by atoms with Crippen molar-refractivity contribution in [1.82, 2.24) is 25.0 Å². The lowest BCUT2D eigenvalue weighted by molar-refractivity contribution is 0.00578. The van der Waals surface area contributed by atoms with Crippen LogP contribution in [0.5, 0.6) is 0 Å². The molecule has 7 nitrogen and oxygen atoms in total. The Bertz CT molecular complexity index is 597. The first-order chi connectivity index (χ1) is 9.39. The molecule has 0 atom stereocenters. The van der Waals surface area contributed by atoms with Gasteiger partial charge in [-0.3, -0.25) is 0 Å². The summed E-state index contributed by atoms with van der Waals surface area (Å²) in [6.45, 7) is 8.01. The van der Waals surface area contributed by atoms with E-state index < -0.39 is 18.3 Å². The van der Waals surface area contributed by atoms with Crippen LogP contribution in [0.25, 0.3) is 5.69 Å². The average molecular weight is 273 g/mol. The Morgan fingerprint density at radius 3 is 2.20 bits per heavy atom. The minimum atomic E-state index is -0.515. The van der Waals surface area contributed by atoms with Crippen molar-refractivity contribution in [1.29, 1.82) is 0 Å². The van der Waals surface area contributed by atoms with E-state index in [1.165, 1.54) is 11.1 Å². The van der Waals surface area contributed by atoms with E-state index in [2.05, 4.69) is 20.2 Å². The van der Waals surface area contributed by atoms with Crippen LogP contribution in [0.1, 0.15) is 27.7 Å². The van der Waals surface area contributed by atoms with Gasteiger partial charge in [0.1, 0.15) is 17.6 Å². The van der Waals surface area contributed by atoms with E-state index in [0.717, 1.165) is 0 Å². The molecule has 2 aromatic heterocycles. The Hall–Kier alpha value is -1.80. The van der Waals surface area contributed by atoms with E-state index in [9.17, 15) is 0 Å². The maximum Gasteiger partial charge on any atom is 0.518 e. The second kappa shape index (κ2) is 4.36. The fourth-order valence-electron chi connectivity index (χ4n) is 1.87. The van der Waals surface area contributed by atoms with Crippen LogP contribution in [0.15, 0.2) is 24.9 Å². The molecule has 8 heteroatoms. The van der Waals surface area contributed by atoms with Gasteiger partial charge in [0.25, 0.3) is 0 Å². The molecule has 0 amide bonds. The Morgan fingerprint density at radius 2 is 1.60 bits per heavy atom. The van der Waals surface area contributed by atoms with E-state index in [1.54, 1.807) is 18.6 Å². The normalized spacial score (nSPS) is 20.3. The molecule has 0 N–H and O–H groups in total. The van der Waals surface area contributed by atoms with Gasteiger partial charge in [-0.25, -0.2) is 9.97 Å². The molecule has 0 saturated carbocycles. The molecule has 3 heterocycles. The molecule has 0 aliphatic carbocycles. The molecule has 1 saturated heterocycles. The number of rotatable bonds is 2. The molecule has 0 bridgehead atoms. The smallest absolute Gasteiger partial charge is 0.398 e. The summed E-state index contributed by atoms with van der Waals surface area (Å²) in [4.78, 5) is 9.34. The summed E-state index contributed by atoms with van der Waals surface area (Å²) in [6, 6.07) is 0. The van der Waals surface area contributed by atoms with Crippen LogP contribution in [0.2, 0.25) is 0 Å². The highest BCUT2D eigenvalue weighted by Gasteiger charge is 2.52. The first kappa shape index (κ1) is 13.2. The molecule has 0 unspecified atom stereocenters. The van der Waals surface area contributed by atoms with Gasteiger partial charge in [0.05, 0.1) is 29.8 Å². The van der Waals surface area contributed by atoms with Crippen molar-refractivity contribution in [2.75, 3.05) is 0 Å². The molecular weight excluding hydrogens is 257 g/mol. The largest absolute Gasteiger partial charge is 0.518 e. The van der Waals surface area contributed by atoms with Crippen molar-refractivity contribution < 1.29 is 9.31 Å². The highest BCUT2D eigenvalue weighted by molar-refractivity contribution is 6.61. The van der Waals surface area contributed by atoms with Crippen LogP contribution in [0.4, 0.5) is 0 Å². The summed E-state index contributed by atoms with van der Waals surface area (Å²) in [5.41, 5.74) is 0.539. The highest BCUT2D eigenvalue weighted by atomic mass is 16.7. The van der Waals surface area contributed by atoms with Crippen LogP contribution in [-0.2, 0) is 9.31 Å². The van der Waals surface area contributed by atoms with Crippen molar-refractivity contribution in [3.05, 3.63) is 24.9 Å². The molecular formula is C12H16BN5O2. The van der Waals surface area contributed by atoms with Gasteiger partial charge in [-0.2, -0.15) is 10.2 Å². The molecule has 3 rings (SSSR count). The molecule has 2 aromatic rings. The van der Waals surface area contributed by atoms with Gasteiger partial charge < -0.3 is 9.31 Å². The van der Waals surface area contributed by atoms with Gasteiger partial charge in [0.15, 0.2) is 0 Å². The van der Waals surface area contributed by atoms with Crippen molar-refractivity contribution >= 4 is 12.7 Å². The van der Waals surface area contributed by atoms with Crippen molar-refractivity contribution in [3.8, 4) is 5.69 Å². The van der Waals surface area contributed by atoms with Crippen molar-refractivity contribution in [2.24, 2.45) is 0 Å². The lowest BCUT2D eigenvalue weighted by Gasteiger charge is -2.32. The number of hydrogen-bond donors (Lipinski definition) is 0. The topological polar surface area (TPSA) is 75.0 Å². The van der Waals surface area contributed by atoms with E-state index in [0.29, 0.717) is 11.3 Å². The SMILES string of the molecule is CC1(C)OB(c2cnn(-c3cncnc3)n2)OC1(C)C. The number of nitrogens with zero attached hydrogens (tertiary/aromatic N) is 5. The van der Waals surface area contributed by atoms with Gasteiger partial charge in [-0.05, 0) is 27.7 Å². The van der Waals surface area contributed by atoms with Gasteiger partial charge in [-0.1, -0.05) is 0 Å². The predicted octanol–water partition coefficient (Wildman–Crippen LogP) is 0.356. The maximum absolute atomic E-state index is 5.93. The fraction of sp³-hybridized carbons (Fsp3) is 0.500. The summed E-state index contributed by atoms with van der Waals surface area (Å²) >= 11 is 0. The monoisotopic (exact) mass is 273 g/mol. The summed E-state index contributed by atoms with van der Waals surface area (Å²) < 4.78 is 11.9. The third kappa shape index (κ3) is 2.10. The minimum absolute atomic E-state index is 0.392. The number of hydrogen-bond acceptors (Lipinski definition) is 6. The van der Waals surface area contributed by atoms with Crippen LogP contribution >= 0.6 is 0 Å². The Balaban J connectivity index is 1.86. The molecule has 1 aliphatic rings. The summed E-state index contributed by atoms with van der Waals surface area (Å²) in [5.74, 6) is 0. The average Bonchev–Trinajstić information content (AvgIpc) is 2.94. The van der Waals surface area contributed by atoms with Gasteiger partial charge in [-0.15, -0.1) is 4.80 Å². The Morgan fingerprint density at radius 1 is 1.00 bits per heavy atom. The highest BCUT2D eigenvalue weighted by Crippen LogP contribution is 2.36. The second-order valence-electron chi connectivity index (χ2n) is 5.74. The zero-order chi connectivity index (χ0) is 14.4. The quantitative estimate of drug-likeness (QED) is 0.735. The summed E-state index contributed by atoms with van der Waals surface area (Å²) in [6.07, 6.45) is 6.37. The zero-order valence-electron chi connectivity index (χ0n) is 11.9. The standard InChI is InChI=1S/C12H16BN5O2/c1-11(2)12(3,4)20-13(19-11)10-7-16-18(17-10)9-5-14-8-15-6-9/h5-8H,1-4H3. The molecule has 0 spiro atoms. The molecule has 0 radical (unpaired) electrons. The third-order valence-electron chi connectivity index (χ3n) is 3.78. The predicted molar refractivity (Wildman–Crippen MR) is 72.7 cm³/mol. The molecule has 1 fully saturated rings. The fourth-order valence-corrected chi connectivity index (χ4v) is 1.87. The molecule has 1 aliphatic heterocycles. The molecule has 20 heavy (non-hydrogen) atoms. The lowest BCUT2D eigenvalue weighted by Crippen LogP contribution is -2.41. The Labute approximate surface area is 117 Å². The maximum atomic E-state index is 5.93. The van der Waals surface area contributed by atoms with E-state index >= 15 is 0 Å². The van der Waals surface area contributed by atoms with Crippen LogP contribution < -0.4 is 5.59 Å². The van der Waals surface area contributed by atoms with E-state index in [4.69, 9.17) is 9.31 Å². The van der Waals surface area contributed by atoms with E-state index in [1.807, 2.05) is 27.7 Å². The zero-order valence-corrected chi connectivity index (χ0v) is 11.9. The minimum Gasteiger partial charge on any atom is -0.398 e. The Kier molecular flexibility index (Phi) is 2.88. The van der Waals surface area contributed by atoms with Crippen LogP contribution in [0, 0.1) is 0 Å². The third-order valence-corrected chi connectivity index (χ3v) is 3.78. The second-order valence-corrected chi connectivity index (χ2v) is 5.74. The first-order valence-electron chi connectivity index (χ1n) is 6.42. The van der Waals surface area contributed by atoms with Gasteiger partial charge in [0.2, 0.25) is 0 Å². The molecule has 104 valence electrons. The van der Waals surface area contributed by atoms with E-state index in [-0.39, 0.29) is 0 Å². The van der Waals surface area contributed by atoms with Crippen LogP contribution in [0.3, 0.4) is 0 Å². The summed E-state index contributed by atoms with van der Waals surface area (Å²) in [5, 5.41) is 8.56. The summed E-state index contributed by atoms with van der Waals surface area (Å²) in [7, 11) is -0.515. The van der Waals surface area contributed by atoms with Gasteiger partial charge in [0, 0.05) is 0 Å². The first-order valence-corrected chi connectivity index (χ1v) is 6.42. The van der Waals surface area contributed by atoms with Gasteiger partial charge >= 0.3 is 7.12 Å². The molecule has 0 aromatic carbocycles. The number of aromatic nitrogens is 5. The lowest BCUT2D eigenvalue weighted by atomic mass is 9.86. The van der Waals surface area contributed by atoms with Crippen LogP contribution in [-0.4, -0.2) is 43.3 Å². The van der Waals surface area contributed by atoms with Crippen molar-refractivity contribution in [3.63, 3.8) is 0 Å².